The van der Waals surface area contributed by atoms with Crippen molar-refractivity contribution in [3.63, 3.8) is 0 Å². The van der Waals surface area contributed by atoms with Gasteiger partial charge in [0.1, 0.15) is 12.7 Å². The Kier molecular flexibility index (Phi) is 3.19. The van der Waals surface area contributed by atoms with Gasteiger partial charge < -0.3 is 5.32 Å². The van der Waals surface area contributed by atoms with Crippen molar-refractivity contribution in [3.8, 4) is 0 Å². The van der Waals surface area contributed by atoms with Gasteiger partial charge >= 0.3 is 0 Å². The first-order chi connectivity index (χ1) is 7.79. The lowest BCUT2D eigenvalue weighted by Gasteiger charge is -2.09. The van der Waals surface area contributed by atoms with Gasteiger partial charge in [0, 0.05) is 12.2 Å². The molecule has 0 bridgehead atoms. The molecule has 0 spiro atoms. The van der Waals surface area contributed by atoms with Gasteiger partial charge in [-0.1, -0.05) is 6.07 Å². The van der Waals surface area contributed by atoms with E-state index in [2.05, 4.69) is 47.4 Å². The molecule has 1 N–H and O–H groups in total. The molecule has 1 heterocycles. The van der Waals surface area contributed by atoms with Crippen LogP contribution in [0.15, 0.2) is 30.9 Å². The van der Waals surface area contributed by atoms with Crippen LogP contribution in [0.25, 0.3) is 0 Å². The molecule has 1 aromatic carbocycles. The van der Waals surface area contributed by atoms with Crippen LogP contribution < -0.4 is 5.32 Å². The fraction of sp³-hybridized carbons (Fsp3) is 0.333. The van der Waals surface area contributed by atoms with Gasteiger partial charge in [-0.05, 0) is 37.1 Å². The Hall–Kier alpha value is -1.84. The molecule has 0 amide bonds. The number of hydrogen-bond acceptors (Lipinski definition) is 3. The maximum absolute atomic E-state index is 4.10. The first-order valence-corrected chi connectivity index (χ1v) is 5.45. The fourth-order valence-electron chi connectivity index (χ4n) is 1.68. The maximum atomic E-state index is 4.10. The second-order valence-electron chi connectivity index (χ2n) is 3.76. The zero-order valence-corrected chi connectivity index (χ0v) is 9.64. The van der Waals surface area contributed by atoms with Crippen LogP contribution in [0.1, 0.15) is 18.1 Å². The van der Waals surface area contributed by atoms with Gasteiger partial charge in [0.25, 0.3) is 0 Å². The molecule has 16 heavy (non-hydrogen) atoms. The molecule has 0 unspecified atom stereocenters. The molecule has 4 heteroatoms. The Balaban J connectivity index is 2.16. The highest BCUT2D eigenvalue weighted by molar-refractivity contribution is 5.48. The van der Waals surface area contributed by atoms with E-state index in [9.17, 15) is 0 Å². The first kappa shape index (κ1) is 10.7. The average molecular weight is 216 g/mol. The number of nitrogens with zero attached hydrogens (tertiary/aromatic N) is 3. The SMILES string of the molecule is CCNc1ccc(Cn2cncn2)c(C)c1. The van der Waals surface area contributed by atoms with E-state index in [1.54, 1.807) is 12.7 Å². The zero-order valence-electron chi connectivity index (χ0n) is 9.64. The highest BCUT2D eigenvalue weighted by Crippen LogP contribution is 2.15. The molecule has 0 radical (unpaired) electrons. The summed E-state index contributed by atoms with van der Waals surface area (Å²) in [5, 5.41) is 7.40. The van der Waals surface area contributed by atoms with Gasteiger partial charge in [0.15, 0.2) is 0 Å². The summed E-state index contributed by atoms with van der Waals surface area (Å²) in [6.07, 6.45) is 3.29. The fourth-order valence-corrected chi connectivity index (χ4v) is 1.68. The van der Waals surface area contributed by atoms with Crippen LogP contribution in [0.4, 0.5) is 5.69 Å². The normalized spacial score (nSPS) is 10.4. The monoisotopic (exact) mass is 216 g/mol. The third kappa shape index (κ3) is 2.39. The zero-order chi connectivity index (χ0) is 11.4. The van der Waals surface area contributed by atoms with Crippen molar-refractivity contribution in [2.45, 2.75) is 20.4 Å². The quantitative estimate of drug-likeness (QED) is 0.850. The van der Waals surface area contributed by atoms with Crippen LogP contribution in [0, 0.1) is 6.92 Å². The summed E-state index contributed by atoms with van der Waals surface area (Å²) in [6.45, 7) is 5.94. The molecule has 2 rings (SSSR count). The van der Waals surface area contributed by atoms with Crippen molar-refractivity contribution >= 4 is 5.69 Å². The van der Waals surface area contributed by atoms with Crippen LogP contribution in [0.3, 0.4) is 0 Å². The summed E-state index contributed by atoms with van der Waals surface area (Å²) < 4.78 is 1.83. The highest BCUT2D eigenvalue weighted by atomic mass is 15.3. The van der Waals surface area contributed by atoms with Gasteiger partial charge in [-0.3, -0.25) is 0 Å². The van der Waals surface area contributed by atoms with Crippen LogP contribution in [0.5, 0.6) is 0 Å². The van der Waals surface area contributed by atoms with E-state index in [1.165, 1.54) is 16.8 Å². The molecule has 0 saturated carbocycles. The summed E-state index contributed by atoms with van der Waals surface area (Å²) in [5.74, 6) is 0. The third-order valence-corrected chi connectivity index (χ3v) is 2.52. The van der Waals surface area contributed by atoms with Gasteiger partial charge in [-0.15, -0.1) is 0 Å². The minimum absolute atomic E-state index is 0.776. The number of aromatic nitrogens is 3. The highest BCUT2D eigenvalue weighted by Gasteiger charge is 2.01. The lowest BCUT2D eigenvalue weighted by atomic mass is 10.1. The summed E-state index contributed by atoms with van der Waals surface area (Å²) >= 11 is 0. The lowest BCUT2D eigenvalue weighted by Crippen LogP contribution is -2.03. The van der Waals surface area contributed by atoms with E-state index in [-0.39, 0.29) is 0 Å². The van der Waals surface area contributed by atoms with Crippen molar-refractivity contribution in [2.75, 3.05) is 11.9 Å². The minimum atomic E-state index is 0.776. The van der Waals surface area contributed by atoms with E-state index < -0.39 is 0 Å². The third-order valence-electron chi connectivity index (χ3n) is 2.52. The predicted molar refractivity (Wildman–Crippen MR) is 64.5 cm³/mol. The number of hydrogen-bond donors (Lipinski definition) is 1. The smallest absolute Gasteiger partial charge is 0.137 e. The molecule has 1 aromatic heterocycles. The van der Waals surface area contributed by atoms with Gasteiger partial charge in [-0.2, -0.15) is 5.10 Å². The molecule has 0 saturated heterocycles. The Labute approximate surface area is 95.3 Å². The molecule has 0 aliphatic carbocycles. The Morgan fingerprint density at radius 1 is 1.38 bits per heavy atom. The number of aryl methyl sites for hydroxylation is 1. The second-order valence-corrected chi connectivity index (χ2v) is 3.76. The summed E-state index contributed by atoms with van der Waals surface area (Å²) in [6, 6.07) is 6.40. The first-order valence-electron chi connectivity index (χ1n) is 5.45. The second kappa shape index (κ2) is 4.79. The standard InChI is InChI=1S/C12H16N4/c1-3-14-12-5-4-11(10(2)6-12)7-16-9-13-8-15-16/h4-6,8-9,14H,3,7H2,1-2H3. The maximum Gasteiger partial charge on any atom is 0.137 e. The van der Waals surface area contributed by atoms with E-state index >= 15 is 0 Å². The summed E-state index contributed by atoms with van der Waals surface area (Å²) in [4.78, 5) is 3.93. The van der Waals surface area contributed by atoms with E-state index in [1.807, 2.05) is 4.68 Å². The molecule has 4 nitrogen and oxygen atoms in total. The van der Waals surface area contributed by atoms with Crippen LogP contribution >= 0.6 is 0 Å². The lowest BCUT2D eigenvalue weighted by molar-refractivity contribution is 0.682. The number of anilines is 1. The van der Waals surface area contributed by atoms with E-state index in [0.717, 1.165) is 13.1 Å². The molecule has 0 atom stereocenters. The van der Waals surface area contributed by atoms with E-state index in [4.69, 9.17) is 0 Å². The Morgan fingerprint density at radius 2 is 2.25 bits per heavy atom. The van der Waals surface area contributed by atoms with Gasteiger partial charge in [0.2, 0.25) is 0 Å². The molecule has 2 aromatic rings. The van der Waals surface area contributed by atoms with Crippen molar-refractivity contribution in [3.05, 3.63) is 42.0 Å². The number of benzene rings is 1. The molecular formula is C12H16N4. The molecule has 84 valence electrons. The van der Waals surface area contributed by atoms with Crippen molar-refractivity contribution in [1.29, 1.82) is 0 Å². The Morgan fingerprint density at radius 3 is 2.88 bits per heavy atom. The van der Waals surface area contributed by atoms with Gasteiger partial charge in [-0.25, -0.2) is 9.67 Å². The van der Waals surface area contributed by atoms with Crippen LogP contribution in [-0.2, 0) is 6.54 Å². The molecule has 0 fully saturated rings. The molecule has 0 aliphatic heterocycles. The van der Waals surface area contributed by atoms with Crippen molar-refractivity contribution in [2.24, 2.45) is 0 Å². The van der Waals surface area contributed by atoms with Crippen molar-refractivity contribution in [1.82, 2.24) is 14.8 Å². The topological polar surface area (TPSA) is 42.7 Å². The van der Waals surface area contributed by atoms with Gasteiger partial charge in [0.05, 0.1) is 6.54 Å². The minimum Gasteiger partial charge on any atom is -0.385 e. The number of rotatable bonds is 4. The van der Waals surface area contributed by atoms with Crippen molar-refractivity contribution < 1.29 is 0 Å². The largest absolute Gasteiger partial charge is 0.385 e. The van der Waals surface area contributed by atoms with E-state index in [0.29, 0.717) is 0 Å². The summed E-state index contributed by atoms with van der Waals surface area (Å²) in [7, 11) is 0. The Bertz CT molecular complexity index is 448. The summed E-state index contributed by atoms with van der Waals surface area (Å²) in [5.41, 5.74) is 3.71. The van der Waals surface area contributed by atoms with Crippen LogP contribution in [0.2, 0.25) is 0 Å². The molecular weight excluding hydrogens is 200 g/mol. The van der Waals surface area contributed by atoms with Crippen LogP contribution in [-0.4, -0.2) is 21.3 Å². The predicted octanol–water partition coefficient (Wildman–Crippen LogP) is 2.07. The average Bonchev–Trinajstić information content (AvgIpc) is 2.75. The number of nitrogens with one attached hydrogen (secondary N) is 1. The molecule has 0 aliphatic rings.